The Morgan fingerprint density at radius 3 is 2.62 bits per heavy atom. The molecule has 3 N–H and O–H groups in total. The van der Waals surface area contributed by atoms with Gasteiger partial charge >= 0.3 is 0 Å². The minimum absolute atomic E-state index is 0. The van der Waals surface area contributed by atoms with Gasteiger partial charge in [-0.25, -0.2) is 9.98 Å². The van der Waals surface area contributed by atoms with Crippen molar-refractivity contribution in [1.29, 1.82) is 0 Å². The smallest absolute Gasteiger partial charge is 0.252 e. The van der Waals surface area contributed by atoms with Gasteiger partial charge in [-0.15, -0.1) is 35.3 Å². The minimum atomic E-state index is -0.132. The zero-order valence-corrected chi connectivity index (χ0v) is 18.4. The molecule has 142 valence electrons. The molecule has 0 saturated heterocycles. The number of hydrogen-bond donors (Lipinski definition) is 3. The maximum absolute atomic E-state index is 11.9. The van der Waals surface area contributed by atoms with E-state index in [9.17, 15) is 4.79 Å². The molecule has 0 aliphatic carbocycles. The van der Waals surface area contributed by atoms with Gasteiger partial charge in [0.1, 0.15) is 0 Å². The molecule has 2 aromatic heterocycles. The van der Waals surface area contributed by atoms with Crippen LogP contribution in [-0.4, -0.2) is 41.5 Å². The van der Waals surface area contributed by atoms with E-state index in [1.54, 1.807) is 35.9 Å². The fourth-order valence-electron chi connectivity index (χ4n) is 2.17. The average Bonchev–Trinajstić information content (AvgIpc) is 2.94. The Balaban J connectivity index is 0.00000338. The largest absolute Gasteiger partial charge is 0.357 e. The number of aliphatic imine (C=N–C) groups is 1. The molecule has 0 aromatic carbocycles. The van der Waals surface area contributed by atoms with Crippen molar-refractivity contribution in [2.75, 3.05) is 19.6 Å². The highest BCUT2D eigenvalue weighted by Crippen LogP contribution is 2.17. The molecule has 0 aliphatic rings. The molecule has 0 unspecified atom stereocenters. The standard InChI is InChI=1S/C17H24N6OS.HI/c1-4-19-17(22-11-15-12(2)23-13(3)25-15)21-9-8-20-16(24)14-6-5-7-18-10-14;/h5-7,10H,4,8-9,11H2,1-3H3,(H,20,24)(H2,19,21,22);1H. The van der Waals surface area contributed by atoms with E-state index in [0.29, 0.717) is 25.2 Å². The van der Waals surface area contributed by atoms with Gasteiger partial charge in [0.25, 0.3) is 5.91 Å². The first-order valence-corrected chi connectivity index (χ1v) is 9.05. The molecule has 0 saturated carbocycles. The number of pyridine rings is 1. The van der Waals surface area contributed by atoms with Crippen LogP contribution in [0.5, 0.6) is 0 Å². The predicted octanol–water partition coefficient (Wildman–Crippen LogP) is 2.26. The van der Waals surface area contributed by atoms with Crippen LogP contribution >= 0.6 is 35.3 Å². The van der Waals surface area contributed by atoms with Crippen LogP contribution < -0.4 is 16.0 Å². The SMILES string of the molecule is CCNC(=NCc1sc(C)nc1C)NCCNC(=O)c1cccnc1.I. The summed E-state index contributed by atoms with van der Waals surface area (Å²) in [5.74, 6) is 0.594. The second kappa shape index (κ2) is 11.8. The summed E-state index contributed by atoms with van der Waals surface area (Å²) < 4.78 is 0. The molecule has 2 rings (SSSR count). The Morgan fingerprint density at radius 2 is 2.00 bits per heavy atom. The summed E-state index contributed by atoms with van der Waals surface area (Å²) in [6.07, 6.45) is 3.19. The lowest BCUT2D eigenvalue weighted by Crippen LogP contribution is -2.41. The second-order valence-electron chi connectivity index (χ2n) is 5.36. The highest BCUT2D eigenvalue weighted by atomic mass is 127. The maximum Gasteiger partial charge on any atom is 0.252 e. The van der Waals surface area contributed by atoms with E-state index in [1.165, 1.54) is 4.88 Å². The highest BCUT2D eigenvalue weighted by Gasteiger charge is 2.06. The fraction of sp³-hybridized carbons (Fsp3) is 0.412. The van der Waals surface area contributed by atoms with Gasteiger partial charge in [0.05, 0.1) is 22.8 Å². The number of aryl methyl sites for hydroxylation is 2. The monoisotopic (exact) mass is 488 g/mol. The number of aromatic nitrogens is 2. The van der Waals surface area contributed by atoms with Crippen LogP contribution in [0.15, 0.2) is 29.5 Å². The summed E-state index contributed by atoms with van der Waals surface area (Å²) in [5.41, 5.74) is 1.59. The van der Waals surface area contributed by atoms with E-state index in [1.807, 2.05) is 20.8 Å². The summed E-state index contributed by atoms with van der Waals surface area (Å²) in [6, 6.07) is 3.48. The van der Waals surface area contributed by atoms with Crippen molar-refractivity contribution in [2.45, 2.75) is 27.3 Å². The van der Waals surface area contributed by atoms with E-state index in [-0.39, 0.29) is 29.9 Å². The van der Waals surface area contributed by atoms with E-state index in [4.69, 9.17) is 0 Å². The predicted molar refractivity (Wildman–Crippen MR) is 116 cm³/mol. The number of hydrogen-bond acceptors (Lipinski definition) is 5. The Kier molecular flexibility index (Phi) is 10.1. The minimum Gasteiger partial charge on any atom is -0.357 e. The Hall–Kier alpha value is -1.75. The quantitative estimate of drug-likeness (QED) is 0.241. The number of nitrogens with one attached hydrogen (secondary N) is 3. The summed E-state index contributed by atoms with van der Waals surface area (Å²) in [7, 11) is 0. The van der Waals surface area contributed by atoms with Gasteiger partial charge < -0.3 is 16.0 Å². The summed E-state index contributed by atoms with van der Waals surface area (Å²) >= 11 is 1.67. The maximum atomic E-state index is 11.9. The number of rotatable bonds is 7. The number of carbonyl (C=O) groups is 1. The topological polar surface area (TPSA) is 91.3 Å². The summed E-state index contributed by atoms with van der Waals surface area (Å²) in [4.78, 5) is 26.0. The molecule has 1 amide bonds. The van der Waals surface area contributed by atoms with Crippen molar-refractivity contribution in [2.24, 2.45) is 4.99 Å². The van der Waals surface area contributed by atoms with Gasteiger partial charge in [0, 0.05) is 36.9 Å². The molecule has 0 radical (unpaired) electrons. The van der Waals surface area contributed by atoms with Crippen LogP contribution in [-0.2, 0) is 6.54 Å². The number of amides is 1. The van der Waals surface area contributed by atoms with E-state index >= 15 is 0 Å². The third kappa shape index (κ3) is 7.24. The van der Waals surface area contributed by atoms with Gasteiger partial charge in [0.2, 0.25) is 0 Å². The van der Waals surface area contributed by atoms with Gasteiger partial charge in [-0.1, -0.05) is 0 Å². The molecule has 0 spiro atoms. The molecule has 0 bridgehead atoms. The van der Waals surface area contributed by atoms with Gasteiger partial charge in [0.15, 0.2) is 5.96 Å². The lowest BCUT2D eigenvalue weighted by atomic mass is 10.3. The molecule has 7 nitrogen and oxygen atoms in total. The molecule has 0 atom stereocenters. The van der Waals surface area contributed by atoms with Crippen LogP contribution in [0.25, 0.3) is 0 Å². The summed E-state index contributed by atoms with van der Waals surface area (Å²) in [5, 5.41) is 10.3. The zero-order valence-electron chi connectivity index (χ0n) is 15.2. The van der Waals surface area contributed by atoms with Crippen molar-refractivity contribution in [3.8, 4) is 0 Å². The van der Waals surface area contributed by atoms with Gasteiger partial charge in [-0.05, 0) is 32.9 Å². The number of halogens is 1. The van der Waals surface area contributed by atoms with Crippen molar-refractivity contribution >= 4 is 47.2 Å². The third-order valence-corrected chi connectivity index (χ3v) is 4.41. The number of guanidine groups is 1. The Morgan fingerprint density at radius 1 is 1.23 bits per heavy atom. The van der Waals surface area contributed by atoms with Crippen LogP contribution in [0.1, 0.15) is 32.9 Å². The Bertz CT molecular complexity index is 719. The molecule has 2 heterocycles. The molecular formula is C17H25IN6OS. The fourth-order valence-corrected chi connectivity index (χ4v) is 3.03. The zero-order chi connectivity index (χ0) is 18.1. The van der Waals surface area contributed by atoms with Gasteiger partial charge in [-0.3, -0.25) is 9.78 Å². The number of nitrogens with zero attached hydrogens (tertiary/aromatic N) is 3. The third-order valence-electron chi connectivity index (χ3n) is 3.35. The Labute approximate surface area is 175 Å². The molecule has 0 aliphatic heterocycles. The van der Waals surface area contributed by atoms with Crippen LogP contribution in [0.2, 0.25) is 0 Å². The van der Waals surface area contributed by atoms with Crippen LogP contribution in [0.4, 0.5) is 0 Å². The average molecular weight is 488 g/mol. The normalized spacial score (nSPS) is 10.8. The lowest BCUT2D eigenvalue weighted by Gasteiger charge is -2.11. The van der Waals surface area contributed by atoms with Crippen LogP contribution in [0.3, 0.4) is 0 Å². The van der Waals surface area contributed by atoms with Crippen molar-refractivity contribution in [3.63, 3.8) is 0 Å². The first-order chi connectivity index (χ1) is 12.1. The molecule has 9 heteroatoms. The lowest BCUT2D eigenvalue weighted by molar-refractivity contribution is 0.0954. The molecular weight excluding hydrogens is 463 g/mol. The first kappa shape index (κ1) is 22.3. The molecule has 0 fully saturated rings. The van der Waals surface area contributed by atoms with E-state index in [0.717, 1.165) is 23.2 Å². The molecule has 2 aromatic rings. The van der Waals surface area contributed by atoms with E-state index in [2.05, 4.69) is 30.9 Å². The molecule has 26 heavy (non-hydrogen) atoms. The van der Waals surface area contributed by atoms with Gasteiger partial charge in [-0.2, -0.15) is 0 Å². The van der Waals surface area contributed by atoms with Crippen molar-refractivity contribution in [3.05, 3.63) is 45.7 Å². The summed E-state index contributed by atoms with van der Waals surface area (Å²) in [6.45, 7) is 8.46. The van der Waals surface area contributed by atoms with Crippen molar-refractivity contribution < 1.29 is 4.79 Å². The number of thiazole rings is 1. The number of carbonyl (C=O) groups excluding carboxylic acids is 1. The second-order valence-corrected chi connectivity index (χ2v) is 6.65. The van der Waals surface area contributed by atoms with E-state index < -0.39 is 0 Å². The highest BCUT2D eigenvalue weighted by molar-refractivity contribution is 14.0. The van der Waals surface area contributed by atoms with Crippen molar-refractivity contribution in [1.82, 2.24) is 25.9 Å². The van der Waals surface area contributed by atoms with Crippen LogP contribution in [0, 0.1) is 13.8 Å². The first-order valence-electron chi connectivity index (χ1n) is 8.23.